The largest absolute Gasteiger partial charge is 0.381 e. The quantitative estimate of drug-likeness (QED) is 0.861. The molecule has 1 aliphatic heterocycles. The summed E-state index contributed by atoms with van der Waals surface area (Å²) < 4.78 is 58.6. The minimum atomic E-state index is -3.99. The zero-order chi connectivity index (χ0) is 18.7. The van der Waals surface area contributed by atoms with Gasteiger partial charge in [-0.05, 0) is 55.3 Å². The third kappa shape index (κ3) is 4.13. The first-order valence-electron chi connectivity index (χ1n) is 8.25. The van der Waals surface area contributed by atoms with Crippen LogP contribution in [0.15, 0.2) is 47.4 Å². The molecule has 0 amide bonds. The molecule has 0 unspecified atom stereocenters. The average Bonchev–Trinajstić information content (AvgIpc) is 2.64. The number of halogens is 2. The van der Waals surface area contributed by atoms with Crippen LogP contribution in [0.1, 0.15) is 12.8 Å². The first kappa shape index (κ1) is 18.6. The lowest BCUT2D eigenvalue weighted by molar-refractivity contribution is 0.0819. The van der Waals surface area contributed by atoms with E-state index in [1.165, 1.54) is 0 Å². The molecule has 0 aromatic heterocycles. The fourth-order valence-corrected chi connectivity index (χ4v) is 4.02. The fraction of sp³-hybridized carbons (Fsp3) is 0.333. The maximum Gasteiger partial charge on any atom is 0.261 e. The number of hydrogen-bond donors (Lipinski definition) is 1. The maximum absolute atomic E-state index is 13.3. The predicted molar refractivity (Wildman–Crippen MR) is 95.9 cm³/mol. The highest BCUT2D eigenvalue weighted by Crippen LogP contribution is 2.24. The molecule has 3 rings (SSSR count). The van der Waals surface area contributed by atoms with Gasteiger partial charge in [-0.15, -0.1) is 0 Å². The summed E-state index contributed by atoms with van der Waals surface area (Å²) in [4.78, 5) is 1.88. The highest BCUT2D eigenvalue weighted by Gasteiger charge is 2.20. The van der Waals surface area contributed by atoms with E-state index in [9.17, 15) is 17.2 Å². The maximum atomic E-state index is 13.3. The monoisotopic (exact) mass is 382 g/mol. The number of benzene rings is 2. The minimum absolute atomic E-state index is 0.286. The number of methoxy groups -OCH3 is 1. The smallest absolute Gasteiger partial charge is 0.261 e. The highest BCUT2D eigenvalue weighted by atomic mass is 32.2. The molecule has 8 heteroatoms. The second kappa shape index (κ2) is 7.59. The van der Waals surface area contributed by atoms with Crippen molar-refractivity contribution in [1.82, 2.24) is 0 Å². The molecule has 1 aliphatic rings. The van der Waals surface area contributed by atoms with E-state index < -0.39 is 21.7 Å². The van der Waals surface area contributed by atoms with Crippen molar-refractivity contribution in [3.8, 4) is 0 Å². The van der Waals surface area contributed by atoms with Crippen molar-refractivity contribution in [2.24, 2.45) is 0 Å². The van der Waals surface area contributed by atoms with Crippen molar-refractivity contribution in [2.75, 3.05) is 29.8 Å². The van der Waals surface area contributed by atoms with Crippen LogP contribution in [0.4, 0.5) is 20.2 Å². The Hall–Kier alpha value is -2.19. The molecule has 0 saturated carbocycles. The van der Waals surface area contributed by atoms with Crippen molar-refractivity contribution in [2.45, 2.75) is 23.8 Å². The molecular weight excluding hydrogens is 362 g/mol. The molecule has 2 aromatic carbocycles. The number of rotatable bonds is 5. The lowest BCUT2D eigenvalue weighted by Crippen LogP contribution is -2.36. The molecule has 0 radical (unpaired) electrons. The Kier molecular flexibility index (Phi) is 5.43. The van der Waals surface area contributed by atoms with E-state index in [2.05, 4.69) is 9.62 Å². The van der Waals surface area contributed by atoms with Gasteiger partial charge in [-0.25, -0.2) is 17.2 Å². The van der Waals surface area contributed by atoms with Gasteiger partial charge >= 0.3 is 0 Å². The Balaban J connectivity index is 1.70. The van der Waals surface area contributed by atoms with Gasteiger partial charge in [0.1, 0.15) is 0 Å². The molecule has 0 bridgehead atoms. The van der Waals surface area contributed by atoms with Crippen LogP contribution in [0.25, 0.3) is 0 Å². The van der Waals surface area contributed by atoms with Gasteiger partial charge in [-0.1, -0.05) is 0 Å². The van der Waals surface area contributed by atoms with Crippen LogP contribution in [0.2, 0.25) is 0 Å². The summed E-state index contributed by atoms with van der Waals surface area (Å²) in [7, 11) is -2.27. The first-order valence-corrected chi connectivity index (χ1v) is 9.73. The molecular formula is C18H20F2N2O3S. The molecule has 0 spiro atoms. The Morgan fingerprint density at radius 3 is 2.27 bits per heavy atom. The number of nitrogens with one attached hydrogen (secondary N) is 1. The highest BCUT2D eigenvalue weighted by molar-refractivity contribution is 7.92. The van der Waals surface area contributed by atoms with Gasteiger partial charge < -0.3 is 9.64 Å². The van der Waals surface area contributed by atoms with Crippen molar-refractivity contribution < 1.29 is 21.9 Å². The summed E-state index contributed by atoms with van der Waals surface area (Å²) in [5.41, 5.74) is 1.35. The molecule has 0 atom stereocenters. The second-order valence-corrected chi connectivity index (χ2v) is 7.83. The van der Waals surface area contributed by atoms with Gasteiger partial charge in [-0.2, -0.15) is 0 Å². The molecule has 2 aromatic rings. The van der Waals surface area contributed by atoms with Crippen molar-refractivity contribution >= 4 is 21.4 Å². The van der Waals surface area contributed by atoms with E-state index >= 15 is 0 Å². The number of ether oxygens (including phenoxy) is 1. The number of hydrogen-bond acceptors (Lipinski definition) is 4. The van der Waals surface area contributed by atoms with Gasteiger partial charge in [0, 0.05) is 31.6 Å². The lowest BCUT2D eigenvalue weighted by atomic mass is 10.1. The van der Waals surface area contributed by atoms with Crippen molar-refractivity contribution in [3.63, 3.8) is 0 Å². The number of sulfonamides is 1. The van der Waals surface area contributed by atoms with Crippen molar-refractivity contribution in [1.29, 1.82) is 0 Å². The first-order chi connectivity index (χ1) is 12.4. The van der Waals surface area contributed by atoms with Crippen LogP contribution >= 0.6 is 0 Å². The molecule has 1 fully saturated rings. The van der Waals surface area contributed by atoms with Crippen LogP contribution in [0, 0.1) is 11.6 Å². The van der Waals surface area contributed by atoms with E-state index in [1.807, 2.05) is 12.1 Å². The summed E-state index contributed by atoms with van der Waals surface area (Å²) in [6.45, 7) is 1.75. The Morgan fingerprint density at radius 2 is 1.69 bits per heavy atom. The third-order valence-electron chi connectivity index (χ3n) is 4.46. The second-order valence-electron chi connectivity index (χ2n) is 6.15. The lowest BCUT2D eigenvalue weighted by Gasteiger charge is -2.33. The summed E-state index contributed by atoms with van der Waals surface area (Å²) >= 11 is 0. The molecule has 1 saturated heterocycles. The summed E-state index contributed by atoms with van der Waals surface area (Å²) in [5.74, 6) is -2.30. The van der Waals surface area contributed by atoms with E-state index in [0.29, 0.717) is 11.8 Å². The molecule has 5 nitrogen and oxygen atoms in total. The molecule has 1 heterocycles. The van der Waals surface area contributed by atoms with Gasteiger partial charge in [0.2, 0.25) is 0 Å². The summed E-state index contributed by atoms with van der Waals surface area (Å²) in [5, 5.41) is 0. The number of piperidine rings is 1. The zero-order valence-electron chi connectivity index (χ0n) is 14.3. The zero-order valence-corrected chi connectivity index (χ0v) is 15.1. The van der Waals surface area contributed by atoms with Crippen LogP contribution in [-0.2, 0) is 14.8 Å². The average molecular weight is 382 g/mol. The van der Waals surface area contributed by atoms with E-state index in [4.69, 9.17) is 4.74 Å². The van der Waals surface area contributed by atoms with Crippen LogP contribution < -0.4 is 9.62 Å². The Labute approximate surface area is 151 Å². The van der Waals surface area contributed by atoms with Gasteiger partial charge in [0.25, 0.3) is 10.0 Å². The standard InChI is InChI=1S/C18H20F2N2O3S/c1-25-15-8-10-22(11-9-15)14-4-2-13(3-5-14)21-26(23,24)16-6-7-17(19)18(20)12-16/h2-7,12,15,21H,8-11H2,1H3. The van der Waals surface area contributed by atoms with Crippen LogP contribution in [0.5, 0.6) is 0 Å². The molecule has 26 heavy (non-hydrogen) atoms. The molecule has 0 aliphatic carbocycles. The normalized spacial score (nSPS) is 15.9. The third-order valence-corrected chi connectivity index (χ3v) is 5.84. The SMILES string of the molecule is COC1CCN(c2ccc(NS(=O)(=O)c3ccc(F)c(F)c3)cc2)CC1. The molecule has 1 N–H and O–H groups in total. The van der Waals surface area contributed by atoms with Crippen LogP contribution in [-0.4, -0.2) is 34.7 Å². The van der Waals surface area contributed by atoms with Crippen LogP contribution in [0.3, 0.4) is 0 Å². The molecule has 140 valence electrons. The van der Waals surface area contributed by atoms with E-state index in [-0.39, 0.29) is 11.0 Å². The minimum Gasteiger partial charge on any atom is -0.381 e. The number of nitrogens with zero attached hydrogens (tertiary/aromatic N) is 1. The van der Waals surface area contributed by atoms with E-state index in [0.717, 1.165) is 43.8 Å². The Bertz CT molecular complexity index is 865. The fourth-order valence-electron chi connectivity index (χ4n) is 2.95. The van der Waals surface area contributed by atoms with Gasteiger partial charge in [0.15, 0.2) is 11.6 Å². The number of anilines is 2. The van der Waals surface area contributed by atoms with Gasteiger partial charge in [-0.3, -0.25) is 4.72 Å². The summed E-state index contributed by atoms with van der Waals surface area (Å²) in [6.07, 6.45) is 2.18. The van der Waals surface area contributed by atoms with Crippen molar-refractivity contribution in [3.05, 3.63) is 54.1 Å². The topological polar surface area (TPSA) is 58.6 Å². The van der Waals surface area contributed by atoms with Gasteiger partial charge in [0.05, 0.1) is 11.0 Å². The Morgan fingerprint density at radius 1 is 1.04 bits per heavy atom. The predicted octanol–water partition coefficient (Wildman–Crippen LogP) is 3.38. The summed E-state index contributed by atoms with van der Waals surface area (Å²) in [6, 6.07) is 9.43. The van der Waals surface area contributed by atoms with E-state index in [1.54, 1.807) is 19.2 Å².